The Hall–Kier alpha value is -2.39. The van der Waals surface area contributed by atoms with Crippen molar-refractivity contribution in [1.29, 1.82) is 0 Å². The van der Waals surface area contributed by atoms with Crippen molar-refractivity contribution in [2.45, 2.75) is 122 Å². The fraction of sp³-hybridized carbons (Fsp3) is 0.625. The van der Waals surface area contributed by atoms with Gasteiger partial charge in [0.1, 0.15) is 24.4 Å². The van der Waals surface area contributed by atoms with Crippen LogP contribution >= 0.6 is 0 Å². The summed E-state index contributed by atoms with van der Waals surface area (Å²) in [5, 5.41) is 0. The molecule has 3 rings (SSSR count). The number of unbranched alkanes of at least 4 members (excludes halogenated alkanes) is 4. The van der Waals surface area contributed by atoms with E-state index in [0.29, 0.717) is 26.4 Å². The number of hydrogen-bond acceptors (Lipinski definition) is 7. The predicted octanol–water partition coefficient (Wildman–Crippen LogP) is 8.06. The van der Waals surface area contributed by atoms with Crippen molar-refractivity contribution in [3.05, 3.63) is 82.9 Å². The average Bonchev–Trinajstić information content (AvgIpc) is 3.09. The minimum Gasteiger partial charge on any atom is -0.377 e. The molecular weight excluding hydrogens is 592 g/mol. The van der Waals surface area contributed by atoms with Crippen LogP contribution in [0.2, 0.25) is 0 Å². The van der Waals surface area contributed by atoms with Crippen LogP contribution in [0, 0.1) is 6.92 Å². The van der Waals surface area contributed by atoms with Gasteiger partial charge in [-0.1, -0.05) is 82.5 Å². The molecule has 1 aliphatic rings. The number of carbonyl (C=O) groups excluding carboxylic acids is 1. The Labute approximate surface area is 284 Å². The lowest BCUT2D eigenvalue weighted by atomic mass is 9.85. The van der Waals surface area contributed by atoms with E-state index in [1.165, 1.54) is 16.7 Å². The number of aldehydes is 1. The van der Waals surface area contributed by atoms with Crippen molar-refractivity contribution < 1.29 is 33.2 Å². The molecule has 1 fully saturated rings. The summed E-state index contributed by atoms with van der Waals surface area (Å²) in [6.07, 6.45) is 9.48. The molecule has 0 spiro atoms. The molecule has 0 bridgehead atoms. The number of carbonyl (C=O) groups is 1. The SMILES string of the molecule is C=CCOCCCCc1ccc(Cc2cc([C@]3(OC)O[C@H](C=O)[C@@H](OCCCC)[C@H](OCCCC)[C@H]3OCCCC)ccc2C)cc1. The van der Waals surface area contributed by atoms with E-state index in [2.05, 4.69) is 70.7 Å². The lowest BCUT2D eigenvalue weighted by Crippen LogP contribution is -2.66. The number of methoxy groups -OCH3 is 1. The van der Waals surface area contributed by atoms with E-state index >= 15 is 0 Å². The van der Waals surface area contributed by atoms with Crippen LogP contribution in [0.3, 0.4) is 0 Å². The number of rotatable bonds is 24. The van der Waals surface area contributed by atoms with Crippen molar-refractivity contribution in [1.82, 2.24) is 0 Å². The van der Waals surface area contributed by atoms with Gasteiger partial charge in [0.05, 0.1) is 6.61 Å². The molecule has 7 nitrogen and oxygen atoms in total. The second-order valence-corrected chi connectivity index (χ2v) is 12.6. The van der Waals surface area contributed by atoms with Gasteiger partial charge in [-0.3, -0.25) is 0 Å². The number of ether oxygens (including phenoxy) is 6. The summed E-state index contributed by atoms with van der Waals surface area (Å²) in [7, 11) is 1.63. The van der Waals surface area contributed by atoms with Crippen LogP contribution in [0.15, 0.2) is 55.1 Å². The summed E-state index contributed by atoms with van der Waals surface area (Å²) in [4.78, 5) is 12.6. The first-order chi connectivity index (χ1) is 23.0. The van der Waals surface area contributed by atoms with Gasteiger partial charge >= 0.3 is 0 Å². The normalized spacial score (nSPS) is 22.7. The summed E-state index contributed by atoms with van der Waals surface area (Å²) >= 11 is 0. The van der Waals surface area contributed by atoms with E-state index in [0.717, 1.165) is 88.2 Å². The molecule has 0 amide bonds. The summed E-state index contributed by atoms with van der Waals surface area (Å²) in [6, 6.07) is 15.2. The van der Waals surface area contributed by atoms with Gasteiger partial charge in [-0.05, 0) is 80.2 Å². The third-order valence-electron chi connectivity index (χ3n) is 8.89. The summed E-state index contributed by atoms with van der Waals surface area (Å²) in [5.74, 6) is -1.36. The molecule has 0 saturated carbocycles. The van der Waals surface area contributed by atoms with Gasteiger partial charge in [0.2, 0.25) is 5.79 Å². The molecule has 7 heteroatoms. The lowest BCUT2D eigenvalue weighted by molar-refractivity contribution is -0.370. The van der Waals surface area contributed by atoms with E-state index < -0.39 is 30.2 Å². The Balaban J connectivity index is 1.91. The molecule has 0 unspecified atom stereocenters. The Morgan fingerprint density at radius 2 is 1.45 bits per heavy atom. The Bertz CT molecular complexity index is 1170. The van der Waals surface area contributed by atoms with Crippen LogP contribution in [0.5, 0.6) is 0 Å². The first-order valence-corrected chi connectivity index (χ1v) is 17.9. The molecule has 0 aliphatic carbocycles. The zero-order chi connectivity index (χ0) is 33.9. The molecule has 262 valence electrons. The molecule has 0 radical (unpaired) electrons. The monoisotopic (exact) mass is 652 g/mol. The maximum atomic E-state index is 12.6. The van der Waals surface area contributed by atoms with Gasteiger partial charge in [-0.2, -0.15) is 0 Å². The second-order valence-electron chi connectivity index (χ2n) is 12.6. The van der Waals surface area contributed by atoms with Crippen molar-refractivity contribution in [3.8, 4) is 0 Å². The van der Waals surface area contributed by atoms with E-state index in [1.807, 2.05) is 6.07 Å². The Kier molecular flexibility index (Phi) is 17.9. The average molecular weight is 653 g/mol. The Morgan fingerprint density at radius 1 is 0.809 bits per heavy atom. The molecule has 2 aromatic carbocycles. The van der Waals surface area contributed by atoms with Crippen LogP contribution in [0.25, 0.3) is 0 Å². The standard InChI is InChI=1S/C40H60O7/c1-7-11-25-44-37-36(30-41)47-40(42-6,39(46-27-13-9-3)38(37)45-26-12-8-2)35-22-17-31(5)34(29-35)28-33-20-18-32(19-21-33)16-14-15-24-43-23-10-4/h10,17-22,29-30,36-39H,4,7-9,11-16,23-28H2,1-3,5-6H3/t36-,37-,38+,39-,40+/m1/s1. The van der Waals surface area contributed by atoms with Gasteiger partial charge in [-0.25, -0.2) is 0 Å². The number of aryl methyl sites for hydroxylation is 2. The van der Waals surface area contributed by atoms with Crippen LogP contribution in [0.4, 0.5) is 0 Å². The van der Waals surface area contributed by atoms with Gasteiger partial charge in [0.25, 0.3) is 0 Å². The first-order valence-electron chi connectivity index (χ1n) is 17.9. The largest absolute Gasteiger partial charge is 0.377 e. The molecule has 0 aromatic heterocycles. The van der Waals surface area contributed by atoms with E-state index in [9.17, 15) is 4.79 Å². The van der Waals surface area contributed by atoms with Gasteiger partial charge in [-0.15, -0.1) is 6.58 Å². The van der Waals surface area contributed by atoms with Crippen LogP contribution in [0.1, 0.15) is 100.0 Å². The highest BCUT2D eigenvalue weighted by molar-refractivity contribution is 5.58. The van der Waals surface area contributed by atoms with Crippen molar-refractivity contribution in [2.75, 3.05) is 40.1 Å². The van der Waals surface area contributed by atoms with Crippen LogP contribution in [-0.2, 0) is 51.8 Å². The fourth-order valence-electron chi connectivity index (χ4n) is 6.01. The highest BCUT2D eigenvalue weighted by Gasteiger charge is 2.58. The third-order valence-corrected chi connectivity index (χ3v) is 8.89. The minimum absolute atomic E-state index is 0.516. The van der Waals surface area contributed by atoms with Gasteiger partial charge in [0, 0.05) is 39.1 Å². The molecule has 1 heterocycles. The third kappa shape index (κ3) is 11.3. The van der Waals surface area contributed by atoms with Gasteiger partial charge < -0.3 is 33.2 Å². The smallest absolute Gasteiger partial charge is 0.225 e. The summed E-state index contributed by atoms with van der Waals surface area (Å²) in [5.41, 5.74) is 5.70. The fourth-order valence-corrected chi connectivity index (χ4v) is 6.01. The lowest BCUT2D eigenvalue weighted by Gasteiger charge is -2.51. The van der Waals surface area contributed by atoms with E-state index in [1.54, 1.807) is 13.2 Å². The van der Waals surface area contributed by atoms with E-state index in [4.69, 9.17) is 28.4 Å². The first kappa shape index (κ1) is 39.1. The molecule has 47 heavy (non-hydrogen) atoms. The van der Waals surface area contributed by atoms with Crippen LogP contribution in [-0.4, -0.2) is 70.8 Å². The molecule has 2 aromatic rings. The molecule has 5 atom stereocenters. The summed E-state index contributed by atoms with van der Waals surface area (Å²) < 4.78 is 38.0. The van der Waals surface area contributed by atoms with E-state index in [-0.39, 0.29) is 0 Å². The maximum absolute atomic E-state index is 12.6. The van der Waals surface area contributed by atoms with Crippen molar-refractivity contribution >= 4 is 6.29 Å². The van der Waals surface area contributed by atoms with Crippen molar-refractivity contribution in [2.24, 2.45) is 0 Å². The highest BCUT2D eigenvalue weighted by Crippen LogP contribution is 2.43. The maximum Gasteiger partial charge on any atom is 0.225 e. The van der Waals surface area contributed by atoms with Crippen LogP contribution < -0.4 is 0 Å². The highest BCUT2D eigenvalue weighted by atomic mass is 16.7. The zero-order valence-corrected chi connectivity index (χ0v) is 29.7. The predicted molar refractivity (Wildman–Crippen MR) is 188 cm³/mol. The minimum atomic E-state index is -1.36. The molecule has 1 aliphatic heterocycles. The second kappa shape index (κ2) is 21.6. The van der Waals surface area contributed by atoms with Gasteiger partial charge in [0.15, 0.2) is 6.29 Å². The van der Waals surface area contributed by atoms with Crippen molar-refractivity contribution in [3.63, 3.8) is 0 Å². The summed E-state index contributed by atoms with van der Waals surface area (Å²) in [6.45, 7) is 15.2. The quantitative estimate of drug-likeness (QED) is 0.0645. The molecule has 1 saturated heterocycles. The zero-order valence-electron chi connectivity index (χ0n) is 29.7. The number of benzene rings is 2. The molecular formula is C40H60O7. The topological polar surface area (TPSA) is 72.5 Å². The molecule has 0 N–H and O–H groups in total. The number of hydrogen-bond donors (Lipinski definition) is 0. The Morgan fingerprint density at radius 3 is 2.06 bits per heavy atom.